The van der Waals surface area contributed by atoms with Crippen LogP contribution in [0.25, 0.3) is 0 Å². The van der Waals surface area contributed by atoms with Gasteiger partial charge in [0, 0.05) is 12.8 Å². The second-order valence-electron chi connectivity index (χ2n) is 15.6. The Balaban J connectivity index is 4.62. The van der Waals surface area contributed by atoms with Crippen LogP contribution in [0.1, 0.15) is 129 Å². The highest BCUT2D eigenvalue weighted by Gasteiger charge is 2.25. The van der Waals surface area contributed by atoms with E-state index in [2.05, 4.69) is 135 Å². The molecule has 0 amide bonds. The van der Waals surface area contributed by atoms with E-state index in [0.29, 0.717) is 23.9 Å². The van der Waals surface area contributed by atoms with Crippen LogP contribution >= 0.6 is 0 Å². The second-order valence-corrected chi connectivity index (χ2v) is 15.6. The number of hydrogen-bond donors (Lipinski definition) is 1. The molecule has 0 aromatic heterocycles. The molecule has 0 aromatic rings. The number of quaternary nitrogens is 1. The first-order valence-electron chi connectivity index (χ1n) is 22.7. The van der Waals surface area contributed by atoms with Crippen LogP contribution in [-0.2, 0) is 33.3 Å². The fourth-order valence-electron chi connectivity index (χ4n) is 5.25. The average Bonchev–Trinajstić information content (AvgIpc) is 3.22. The molecule has 9 heteroatoms. The number of unbranched alkanes of at least 4 members (excludes halogenated alkanes) is 4. The summed E-state index contributed by atoms with van der Waals surface area (Å²) in [6.45, 7) is 4.49. The Morgan fingerprint density at radius 1 is 0.492 bits per heavy atom. The molecule has 2 atom stereocenters. The summed E-state index contributed by atoms with van der Waals surface area (Å²) >= 11 is 0. The summed E-state index contributed by atoms with van der Waals surface area (Å²) in [7, 11) is 5.91. The molecule has 2 unspecified atom stereocenters. The van der Waals surface area contributed by atoms with Crippen LogP contribution in [0.5, 0.6) is 0 Å². The van der Waals surface area contributed by atoms with Crippen LogP contribution in [0.3, 0.4) is 0 Å². The Hall–Kier alpha value is -4.31. The first-order chi connectivity index (χ1) is 29.6. The Bertz CT molecular complexity index is 1410. The first-order valence-corrected chi connectivity index (χ1v) is 22.7. The molecule has 0 aliphatic carbocycles. The van der Waals surface area contributed by atoms with Gasteiger partial charge in [-0.25, -0.2) is 4.79 Å². The minimum absolute atomic E-state index is 0.164. The quantitative estimate of drug-likeness (QED) is 0.0214. The third-order valence-electron chi connectivity index (χ3n) is 8.71. The number of carboxylic acids is 1. The van der Waals surface area contributed by atoms with Crippen LogP contribution in [0.4, 0.5) is 0 Å². The molecular weight excluding hydrogens is 767 g/mol. The van der Waals surface area contributed by atoms with Crippen molar-refractivity contribution in [3.8, 4) is 0 Å². The van der Waals surface area contributed by atoms with Gasteiger partial charge in [0.25, 0.3) is 6.29 Å². The van der Waals surface area contributed by atoms with E-state index < -0.39 is 30.3 Å². The molecule has 0 saturated carbocycles. The van der Waals surface area contributed by atoms with Crippen molar-refractivity contribution in [3.05, 3.63) is 122 Å². The maximum absolute atomic E-state index is 12.8. The van der Waals surface area contributed by atoms with Crippen LogP contribution in [0.15, 0.2) is 122 Å². The summed E-state index contributed by atoms with van der Waals surface area (Å²) < 4.78 is 22.6. The van der Waals surface area contributed by atoms with E-state index in [1.807, 2.05) is 21.1 Å². The van der Waals surface area contributed by atoms with Gasteiger partial charge in [-0.3, -0.25) is 9.59 Å². The van der Waals surface area contributed by atoms with Crippen molar-refractivity contribution < 1.29 is 42.9 Å². The molecule has 9 nitrogen and oxygen atoms in total. The van der Waals surface area contributed by atoms with E-state index in [1.165, 1.54) is 0 Å². The molecule has 0 bridgehead atoms. The van der Waals surface area contributed by atoms with Gasteiger partial charge in [0.2, 0.25) is 0 Å². The highest BCUT2D eigenvalue weighted by atomic mass is 16.7. The molecule has 0 aliphatic rings. The van der Waals surface area contributed by atoms with Crippen molar-refractivity contribution in [3.63, 3.8) is 0 Å². The largest absolute Gasteiger partial charge is 0.477 e. The van der Waals surface area contributed by atoms with Gasteiger partial charge in [-0.1, -0.05) is 142 Å². The summed E-state index contributed by atoms with van der Waals surface area (Å²) in [5.41, 5.74) is 0. The predicted octanol–water partition coefficient (Wildman–Crippen LogP) is 12.2. The van der Waals surface area contributed by atoms with E-state index in [-0.39, 0.29) is 32.7 Å². The number of carbonyl (C=O) groups is 3. The molecule has 0 aliphatic heterocycles. The first kappa shape index (κ1) is 56.7. The summed E-state index contributed by atoms with van der Waals surface area (Å²) in [5, 5.41) is 9.64. The molecule has 0 radical (unpaired) electrons. The SMILES string of the molecule is CC/C=C\C/C=C\C/C=C\C/C=C\C/C=C\CCCCCC(=O)OC(COC(=O)CCC/C=C\C/C=C\C/C=C\C/C=C\C/C=C\CC)COC(OCC[N+](C)(C)C)C(=O)O. The minimum atomic E-state index is -1.54. The summed E-state index contributed by atoms with van der Waals surface area (Å²) in [6, 6.07) is 0. The molecule has 0 aromatic carbocycles. The maximum atomic E-state index is 12.8. The third kappa shape index (κ3) is 43.6. The third-order valence-corrected chi connectivity index (χ3v) is 8.71. The normalized spacial score (nSPS) is 14.0. The standard InChI is InChI=1S/C52H81NO8/c1-6-8-10-12-14-16-18-20-22-24-25-27-29-31-33-35-37-39-41-43-50(55)61-48(47-60-52(51(56)57)58-45-44-53(3,4)5)46-59-49(54)42-40-38-36-34-32-30-28-26-23-21-19-17-15-13-11-9-7-2/h8-11,14-17,20-23,25,27-28,30-31,33-34,36,48,52H,6-7,12-13,18-19,24,26,29,32,35,37-47H2,1-5H3/p+1/b10-8-,11-9-,16-14-,17-15-,22-20-,23-21-,27-25-,30-28-,33-31-,36-34-. The maximum Gasteiger partial charge on any atom is 0.361 e. The van der Waals surface area contributed by atoms with Crippen molar-refractivity contribution in [2.45, 2.75) is 142 Å². The van der Waals surface area contributed by atoms with E-state index >= 15 is 0 Å². The fraction of sp³-hybridized carbons (Fsp3) is 0.558. The summed E-state index contributed by atoms with van der Waals surface area (Å²) in [6.07, 6.45) is 55.5. The number of hydrogen-bond acceptors (Lipinski definition) is 7. The van der Waals surface area contributed by atoms with Gasteiger partial charge in [-0.2, -0.15) is 0 Å². The lowest BCUT2D eigenvalue weighted by atomic mass is 10.1. The zero-order chi connectivity index (χ0) is 44.9. The molecule has 0 heterocycles. The lowest BCUT2D eigenvalue weighted by molar-refractivity contribution is -0.870. The number of ether oxygens (including phenoxy) is 4. The van der Waals surface area contributed by atoms with Crippen LogP contribution < -0.4 is 0 Å². The smallest absolute Gasteiger partial charge is 0.361 e. The minimum Gasteiger partial charge on any atom is -0.477 e. The van der Waals surface area contributed by atoms with Gasteiger partial charge in [-0.05, 0) is 96.3 Å². The number of nitrogens with zero attached hydrogens (tertiary/aromatic N) is 1. The fourth-order valence-corrected chi connectivity index (χ4v) is 5.25. The number of carbonyl (C=O) groups excluding carboxylic acids is 2. The van der Waals surface area contributed by atoms with Gasteiger partial charge >= 0.3 is 17.9 Å². The van der Waals surface area contributed by atoms with Crippen molar-refractivity contribution in [2.24, 2.45) is 0 Å². The number of likely N-dealkylation sites (N-methyl/N-ethyl adjacent to an activating group) is 1. The van der Waals surface area contributed by atoms with Crippen molar-refractivity contribution in [1.82, 2.24) is 0 Å². The Labute approximate surface area is 370 Å². The van der Waals surface area contributed by atoms with Gasteiger partial charge in [-0.15, -0.1) is 0 Å². The predicted molar refractivity (Wildman–Crippen MR) is 253 cm³/mol. The number of esters is 2. The Morgan fingerprint density at radius 3 is 1.33 bits per heavy atom. The van der Waals surface area contributed by atoms with Crippen LogP contribution in [-0.4, -0.2) is 87.4 Å². The van der Waals surface area contributed by atoms with Crippen molar-refractivity contribution in [2.75, 3.05) is 47.5 Å². The molecule has 0 spiro atoms. The van der Waals surface area contributed by atoms with Gasteiger partial charge in [0.1, 0.15) is 13.2 Å². The molecule has 0 rings (SSSR count). The van der Waals surface area contributed by atoms with Crippen LogP contribution in [0.2, 0.25) is 0 Å². The van der Waals surface area contributed by atoms with Crippen LogP contribution in [0, 0.1) is 0 Å². The molecule has 61 heavy (non-hydrogen) atoms. The monoisotopic (exact) mass is 849 g/mol. The van der Waals surface area contributed by atoms with E-state index in [4.69, 9.17) is 18.9 Å². The molecule has 0 saturated heterocycles. The van der Waals surface area contributed by atoms with Crippen molar-refractivity contribution in [1.29, 1.82) is 0 Å². The number of carboxylic acid groups (broad SMARTS) is 1. The molecule has 0 fully saturated rings. The summed E-state index contributed by atoms with van der Waals surface area (Å²) in [4.78, 5) is 37.1. The summed E-state index contributed by atoms with van der Waals surface area (Å²) in [5.74, 6) is -2.15. The van der Waals surface area contributed by atoms with E-state index in [1.54, 1.807) is 0 Å². The highest BCUT2D eigenvalue weighted by Crippen LogP contribution is 2.10. The topological polar surface area (TPSA) is 108 Å². The van der Waals surface area contributed by atoms with E-state index in [0.717, 1.165) is 89.9 Å². The number of aliphatic carboxylic acids is 1. The lowest BCUT2D eigenvalue weighted by Gasteiger charge is -2.25. The van der Waals surface area contributed by atoms with Gasteiger partial charge < -0.3 is 28.5 Å². The molecule has 342 valence electrons. The Morgan fingerprint density at radius 2 is 0.902 bits per heavy atom. The Kier molecular flexibility index (Phi) is 39.4. The zero-order valence-corrected chi connectivity index (χ0v) is 38.5. The molecular formula is C52H82NO8+. The zero-order valence-electron chi connectivity index (χ0n) is 38.5. The van der Waals surface area contributed by atoms with Gasteiger partial charge in [0.15, 0.2) is 6.10 Å². The average molecular weight is 849 g/mol. The van der Waals surface area contributed by atoms with Gasteiger partial charge in [0.05, 0.1) is 34.4 Å². The number of rotatable bonds is 39. The van der Waals surface area contributed by atoms with Crippen molar-refractivity contribution >= 4 is 17.9 Å². The number of allylic oxidation sites excluding steroid dienone is 20. The second kappa shape index (κ2) is 42.4. The highest BCUT2D eigenvalue weighted by molar-refractivity contribution is 5.71. The van der Waals surface area contributed by atoms with E-state index in [9.17, 15) is 19.5 Å². The lowest BCUT2D eigenvalue weighted by Crippen LogP contribution is -2.40. The molecule has 1 N–H and O–H groups in total.